The van der Waals surface area contributed by atoms with E-state index in [1.165, 1.54) is 30.6 Å². The quantitative estimate of drug-likeness (QED) is 0.849. The van der Waals surface area contributed by atoms with E-state index in [0.29, 0.717) is 5.92 Å². The van der Waals surface area contributed by atoms with E-state index in [1.54, 1.807) is 5.38 Å². The van der Waals surface area contributed by atoms with Crippen LogP contribution in [-0.2, 0) is 0 Å². The first-order chi connectivity index (χ1) is 7.66. The Morgan fingerprint density at radius 3 is 3.06 bits per heavy atom. The standard InChI is InChI=1S/C11H16N2O2S/c1-7-3-2-4-8(7)5-12-11-13-9(6-16-11)10(14)15/h6-8H,2-5H2,1H3,(H,12,13)(H,14,15). The van der Waals surface area contributed by atoms with Gasteiger partial charge in [-0.25, -0.2) is 9.78 Å². The van der Waals surface area contributed by atoms with Gasteiger partial charge in [-0.15, -0.1) is 11.3 Å². The smallest absolute Gasteiger partial charge is 0.355 e. The number of nitrogens with zero attached hydrogens (tertiary/aromatic N) is 1. The molecule has 0 bridgehead atoms. The minimum atomic E-state index is -0.960. The Morgan fingerprint density at radius 2 is 2.50 bits per heavy atom. The number of aromatic carboxylic acids is 1. The molecule has 16 heavy (non-hydrogen) atoms. The summed E-state index contributed by atoms with van der Waals surface area (Å²) in [5.41, 5.74) is 0.131. The molecule has 1 aromatic rings. The van der Waals surface area contributed by atoms with E-state index in [0.717, 1.165) is 17.6 Å². The number of aromatic nitrogens is 1. The van der Waals surface area contributed by atoms with Crippen LogP contribution in [0.5, 0.6) is 0 Å². The average molecular weight is 240 g/mol. The molecule has 0 aliphatic heterocycles. The highest BCUT2D eigenvalue weighted by Gasteiger charge is 2.23. The maximum absolute atomic E-state index is 10.6. The number of carbonyl (C=O) groups is 1. The van der Waals surface area contributed by atoms with Gasteiger partial charge in [0.15, 0.2) is 10.8 Å². The molecule has 0 saturated heterocycles. The molecule has 2 rings (SSSR count). The normalized spacial score (nSPS) is 24.6. The summed E-state index contributed by atoms with van der Waals surface area (Å²) in [6.45, 7) is 3.19. The van der Waals surface area contributed by atoms with Crippen LogP contribution in [0.4, 0.5) is 5.13 Å². The number of thiazole rings is 1. The molecule has 4 nitrogen and oxygen atoms in total. The van der Waals surface area contributed by atoms with E-state index in [4.69, 9.17) is 5.11 Å². The molecule has 0 amide bonds. The summed E-state index contributed by atoms with van der Waals surface area (Å²) in [6, 6.07) is 0. The summed E-state index contributed by atoms with van der Waals surface area (Å²) in [7, 11) is 0. The van der Waals surface area contributed by atoms with E-state index in [2.05, 4.69) is 17.2 Å². The lowest BCUT2D eigenvalue weighted by Crippen LogP contribution is -2.16. The number of hydrogen-bond acceptors (Lipinski definition) is 4. The van der Waals surface area contributed by atoms with Crippen LogP contribution in [0.25, 0.3) is 0 Å². The minimum Gasteiger partial charge on any atom is -0.476 e. The second kappa shape index (κ2) is 4.82. The van der Waals surface area contributed by atoms with Gasteiger partial charge in [-0.05, 0) is 18.3 Å². The van der Waals surface area contributed by atoms with Gasteiger partial charge in [0.2, 0.25) is 0 Å². The van der Waals surface area contributed by atoms with E-state index in [1.807, 2.05) is 0 Å². The Morgan fingerprint density at radius 1 is 1.69 bits per heavy atom. The molecule has 2 atom stereocenters. The summed E-state index contributed by atoms with van der Waals surface area (Å²) < 4.78 is 0. The molecule has 1 aliphatic carbocycles. The van der Waals surface area contributed by atoms with Gasteiger partial charge in [-0.2, -0.15) is 0 Å². The lowest BCUT2D eigenvalue weighted by molar-refractivity contribution is 0.0691. The molecule has 0 spiro atoms. The topological polar surface area (TPSA) is 62.2 Å². The third kappa shape index (κ3) is 2.52. The van der Waals surface area contributed by atoms with Gasteiger partial charge in [0, 0.05) is 11.9 Å². The van der Waals surface area contributed by atoms with Crippen molar-refractivity contribution >= 4 is 22.4 Å². The molecule has 2 N–H and O–H groups in total. The van der Waals surface area contributed by atoms with Gasteiger partial charge in [-0.3, -0.25) is 0 Å². The highest BCUT2D eigenvalue weighted by atomic mass is 32.1. The molecule has 0 aromatic carbocycles. The van der Waals surface area contributed by atoms with Crippen LogP contribution in [-0.4, -0.2) is 22.6 Å². The Bertz CT molecular complexity index is 378. The van der Waals surface area contributed by atoms with Crippen LogP contribution in [0, 0.1) is 11.8 Å². The van der Waals surface area contributed by atoms with Crippen molar-refractivity contribution in [3.63, 3.8) is 0 Å². The fourth-order valence-corrected chi connectivity index (χ4v) is 2.89. The first-order valence-corrected chi connectivity index (χ1v) is 6.47. The fourth-order valence-electron chi connectivity index (χ4n) is 2.20. The third-order valence-corrected chi connectivity index (χ3v) is 4.08. The fraction of sp³-hybridized carbons (Fsp3) is 0.636. The molecule has 1 heterocycles. The van der Waals surface area contributed by atoms with Gasteiger partial charge in [0.1, 0.15) is 0 Å². The highest BCUT2D eigenvalue weighted by molar-refractivity contribution is 7.13. The van der Waals surface area contributed by atoms with Crippen molar-refractivity contribution in [1.29, 1.82) is 0 Å². The van der Waals surface area contributed by atoms with Crippen molar-refractivity contribution < 1.29 is 9.90 Å². The summed E-state index contributed by atoms with van der Waals surface area (Å²) in [4.78, 5) is 14.6. The van der Waals surface area contributed by atoms with Gasteiger partial charge in [0.05, 0.1) is 0 Å². The zero-order valence-electron chi connectivity index (χ0n) is 9.27. The number of rotatable bonds is 4. The largest absolute Gasteiger partial charge is 0.476 e. The summed E-state index contributed by atoms with van der Waals surface area (Å²) in [6.07, 6.45) is 3.89. The van der Waals surface area contributed by atoms with Crippen molar-refractivity contribution in [2.75, 3.05) is 11.9 Å². The van der Waals surface area contributed by atoms with E-state index >= 15 is 0 Å². The van der Waals surface area contributed by atoms with Crippen LogP contribution in [0.15, 0.2) is 5.38 Å². The maximum Gasteiger partial charge on any atom is 0.355 e. The zero-order chi connectivity index (χ0) is 11.5. The molecule has 5 heteroatoms. The van der Waals surface area contributed by atoms with Crippen molar-refractivity contribution in [3.8, 4) is 0 Å². The highest BCUT2D eigenvalue weighted by Crippen LogP contribution is 2.31. The molecule has 1 aliphatic rings. The molecule has 2 unspecified atom stereocenters. The number of hydrogen-bond donors (Lipinski definition) is 2. The number of anilines is 1. The molecule has 1 aromatic heterocycles. The lowest BCUT2D eigenvalue weighted by Gasteiger charge is -2.15. The van der Waals surface area contributed by atoms with E-state index < -0.39 is 5.97 Å². The van der Waals surface area contributed by atoms with Crippen LogP contribution < -0.4 is 5.32 Å². The number of carboxylic acid groups (broad SMARTS) is 1. The molecule has 88 valence electrons. The maximum atomic E-state index is 10.6. The van der Waals surface area contributed by atoms with Crippen LogP contribution in [0.1, 0.15) is 36.7 Å². The first-order valence-electron chi connectivity index (χ1n) is 5.59. The zero-order valence-corrected chi connectivity index (χ0v) is 10.1. The van der Waals surface area contributed by atoms with Crippen LogP contribution in [0.3, 0.4) is 0 Å². The van der Waals surface area contributed by atoms with Gasteiger partial charge in [0.25, 0.3) is 0 Å². The SMILES string of the molecule is CC1CCCC1CNc1nc(C(=O)O)cs1. The Kier molecular flexibility index (Phi) is 3.43. The monoisotopic (exact) mass is 240 g/mol. The van der Waals surface area contributed by atoms with E-state index in [9.17, 15) is 4.79 Å². The second-order valence-electron chi connectivity index (χ2n) is 4.39. The van der Waals surface area contributed by atoms with Crippen molar-refractivity contribution in [2.24, 2.45) is 11.8 Å². The minimum absolute atomic E-state index is 0.131. The summed E-state index contributed by atoms with van der Waals surface area (Å²) in [5.74, 6) is 0.516. The Balaban J connectivity index is 1.87. The van der Waals surface area contributed by atoms with Gasteiger partial charge < -0.3 is 10.4 Å². The molecule has 0 radical (unpaired) electrons. The lowest BCUT2D eigenvalue weighted by atomic mass is 9.98. The summed E-state index contributed by atoms with van der Waals surface area (Å²) >= 11 is 1.36. The van der Waals surface area contributed by atoms with E-state index in [-0.39, 0.29) is 5.69 Å². The molecular formula is C11H16N2O2S. The summed E-state index contributed by atoms with van der Waals surface area (Å²) in [5, 5.41) is 14.3. The molecule has 1 saturated carbocycles. The van der Waals surface area contributed by atoms with Crippen molar-refractivity contribution in [3.05, 3.63) is 11.1 Å². The average Bonchev–Trinajstić information content (AvgIpc) is 2.83. The van der Waals surface area contributed by atoms with Gasteiger partial charge >= 0.3 is 5.97 Å². The predicted octanol–water partition coefficient (Wildman–Crippen LogP) is 2.69. The number of nitrogens with one attached hydrogen (secondary N) is 1. The third-order valence-electron chi connectivity index (χ3n) is 3.28. The van der Waals surface area contributed by atoms with Crippen LogP contribution >= 0.6 is 11.3 Å². The predicted molar refractivity (Wildman–Crippen MR) is 64.1 cm³/mol. The van der Waals surface area contributed by atoms with Crippen molar-refractivity contribution in [1.82, 2.24) is 4.98 Å². The second-order valence-corrected chi connectivity index (χ2v) is 5.25. The molecular weight excluding hydrogens is 224 g/mol. The Labute approximate surface area is 98.7 Å². The van der Waals surface area contributed by atoms with Crippen LogP contribution in [0.2, 0.25) is 0 Å². The van der Waals surface area contributed by atoms with Gasteiger partial charge in [-0.1, -0.05) is 19.8 Å². The molecule has 1 fully saturated rings. The van der Waals surface area contributed by atoms with Crippen molar-refractivity contribution in [2.45, 2.75) is 26.2 Å². The first kappa shape index (κ1) is 11.4. The Hall–Kier alpha value is -1.10. The number of carboxylic acids is 1.